The lowest BCUT2D eigenvalue weighted by Crippen LogP contribution is -2.57. The van der Waals surface area contributed by atoms with Crippen molar-refractivity contribution in [1.29, 1.82) is 0 Å². The number of ketones is 1. The Hall–Kier alpha value is -1.49. The third-order valence-electron chi connectivity index (χ3n) is 4.99. The molecule has 2 unspecified atom stereocenters. The number of rotatable bonds is 2. The molecule has 5 heteroatoms. The third kappa shape index (κ3) is 2.06. The molecule has 0 radical (unpaired) electrons. The van der Waals surface area contributed by atoms with Gasteiger partial charge < -0.3 is 5.11 Å². The predicted molar refractivity (Wildman–Crippen MR) is 84.8 cm³/mol. The van der Waals surface area contributed by atoms with E-state index in [1.165, 1.54) is 0 Å². The van der Waals surface area contributed by atoms with Gasteiger partial charge in [-0.05, 0) is 43.6 Å². The predicted octanol–water partition coefficient (Wildman–Crippen LogP) is 2.58. The Morgan fingerprint density at radius 3 is 2.77 bits per heavy atom. The molecular weight excluding hydrogens is 300 g/mol. The Morgan fingerprint density at radius 1 is 1.27 bits per heavy atom. The molecule has 2 atom stereocenters. The Kier molecular flexibility index (Phi) is 3.40. The number of para-hydroxylation sites is 1. The Balaban J connectivity index is 1.79. The lowest BCUT2D eigenvalue weighted by molar-refractivity contribution is -0.143. The summed E-state index contributed by atoms with van der Waals surface area (Å²) in [5.74, 6) is 0.290. The number of aliphatic hydroxyl groups is 1. The van der Waals surface area contributed by atoms with Crippen molar-refractivity contribution in [1.82, 2.24) is 9.88 Å². The van der Waals surface area contributed by atoms with Gasteiger partial charge in [0.2, 0.25) is 0 Å². The van der Waals surface area contributed by atoms with Crippen molar-refractivity contribution < 1.29 is 9.90 Å². The number of hydrogen-bond acceptors (Lipinski definition) is 4. The highest BCUT2D eigenvalue weighted by atomic mass is 35.5. The molecule has 3 fully saturated rings. The number of aromatic nitrogens is 1. The summed E-state index contributed by atoms with van der Waals surface area (Å²) in [6.07, 6.45) is 2.66. The zero-order valence-electron chi connectivity index (χ0n) is 12.1. The molecule has 3 aliphatic heterocycles. The maximum absolute atomic E-state index is 12.6. The van der Waals surface area contributed by atoms with E-state index < -0.39 is 12.1 Å². The molecule has 3 saturated heterocycles. The first kappa shape index (κ1) is 14.1. The number of nitrogens with zero attached hydrogens (tertiary/aromatic N) is 2. The van der Waals surface area contributed by atoms with E-state index >= 15 is 0 Å². The minimum Gasteiger partial charge on any atom is -0.386 e. The zero-order valence-corrected chi connectivity index (χ0v) is 12.8. The van der Waals surface area contributed by atoms with E-state index in [1.54, 1.807) is 18.3 Å². The number of halogens is 1. The number of carbonyl (C=O) groups excluding carboxylic acids is 1. The van der Waals surface area contributed by atoms with Gasteiger partial charge in [0.05, 0.1) is 16.6 Å². The van der Waals surface area contributed by atoms with Crippen LogP contribution in [0.5, 0.6) is 0 Å². The standard InChI is InChI=1S/C17H17ClN2O2/c18-13-3-1-2-11-12(4-7-19-14(11)13)17(22)15-16(21)10-5-8-20(15)9-6-10/h1-4,7,10,15,17,22H,5-6,8-9H2. The first-order valence-electron chi connectivity index (χ1n) is 7.66. The number of carbonyl (C=O) groups is 1. The monoisotopic (exact) mass is 316 g/mol. The average molecular weight is 317 g/mol. The van der Waals surface area contributed by atoms with Gasteiger partial charge in [0, 0.05) is 17.5 Å². The lowest BCUT2D eigenvalue weighted by atomic mass is 9.78. The van der Waals surface area contributed by atoms with Crippen LogP contribution in [0.4, 0.5) is 0 Å². The number of pyridine rings is 1. The molecule has 0 spiro atoms. The van der Waals surface area contributed by atoms with Gasteiger partial charge in [0.15, 0.2) is 5.78 Å². The fraction of sp³-hybridized carbons (Fsp3) is 0.412. The van der Waals surface area contributed by atoms with Gasteiger partial charge in [-0.3, -0.25) is 14.7 Å². The van der Waals surface area contributed by atoms with Crippen LogP contribution >= 0.6 is 11.6 Å². The molecule has 2 aromatic rings. The maximum Gasteiger partial charge on any atom is 0.156 e. The van der Waals surface area contributed by atoms with E-state index in [9.17, 15) is 9.90 Å². The fourth-order valence-electron chi connectivity index (χ4n) is 3.83. The van der Waals surface area contributed by atoms with Gasteiger partial charge in [-0.15, -0.1) is 0 Å². The SMILES string of the molecule is O=C1C2CCN(CC2)C1C(O)c1ccnc2c(Cl)cccc12. The minimum atomic E-state index is -0.834. The van der Waals surface area contributed by atoms with Crippen molar-refractivity contribution >= 4 is 28.3 Å². The molecule has 4 nitrogen and oxygen atoms in total. The molecule has 114 valence electrons. The normalized spacial score (nSPS) is 29.0. The second-order valence-electron chi connectivity index (χ2n) is 6.14. The molecule has 22 heavy (non-hydrogen) atoms. The molecule has 1 aromatic heterocycles. The van der Waals surface area contributed by atoms with Crippen LogP contribution in [-0.2, 0) is 4.79 Å². The second kappa shape index (κ2) is 5.30. The van der Waals surface area contributed by atoms with Crippen molar-refractivity contribution in [2.75, 3.05) is 13.1 Å². The number of fused-ring (bicyclic) bond motifs is 4. The van der Waals surface area contributed by atoms with Crippen molar-refractivity contribution in [3.8, 4) is 0 Å². The molecule has 0 saturated carbocycles. The summed E-state index contributed by atoms with van der Waals surface area (Å²) in [6, 6.07) is 6.88. The highest BCUT2D eigenvalue weighted by Gasteiger charge is 2.45. The van der Waals surface area contributed by atoms with Gasteiger partial charge in [-0.1, -0.05) is 23.7 Å². The van der Waals surface area contributed by atoms with Crippen LogP contribution in [0.3, 0.4) is 0 Å². The second-order valence-corrected chi connectivity index (χ2v) is 6.55. The van der Waals surface area contributed by atoms with Gasteiger partial charge in [-0.25, -0.2) is 0 Å². The fourth-order valence-corrected chi connectivity index (χ4v) is 4.05. The van der Waals surface area contributed by atoms with E-state index in [-0.39, 0.29) is 11.7 Å². The van der Waals surface area contributed by atoms with Crippen molar-refractivity contribution in [2.45, 2.75) is 25.0 Å². The number of benzene rings is 1. The van der Waals surface area contributed by atoms with Crippen LogP contribution < -0.4 is 0 Å². The molecule has 1 N–H and O–H groups in total. The van der Waals surface area contributed by atoms with E-state index in [0.717, 1.165) is 36.9 Å². The number of hydrogen-bond donors (Lipinski definition) is 1. The van der Waals surface area contributed by atoms with Crippen molar-refractivity contribution in [3.63, 3.8) is 0 Å². The van der Waals surface area contributed by atoms with Gasteiger partial charge >= 0.3 is 0 Å². The molecule has 4 heterocycles. The molecule has 1 aromatic carbocycles. The summed E-state index contributed by atoms with van der Waals surface area (Å²) >= 11 is 6.19. The van der Waals surface area contributed by atoms with Crippen molar-refractivity contribution in [3.05, 3.63) is 41.0 Å². The van der Waals surface area contributed by atoms with E-state index in [1.807, 2.05) is 12.1 Å². The molecular formula is C17H17ClN2O2. The molecule has 5 rings (SSSR count). The highest BCUT2D eigenvalue weighted by Crippen LogP contribution is 2.37. The Labute approximate surface area is 133 Å². The summed E-state index contributed by atoms with van der Waals surface area (Å²) in [7, 11) is 0. The molecule has 3 aliphatic rings. The average Bonchev–Trinajstić information content (AvgIpc) is 2.55. The smallest absolute Gasteiger partial charge is 0.156 e. The van der Waals surface area contributed by atoms with Crippen molar-refractivity contribution in [2.24, 2.45) is 5.92 Å². The van der Waals surface area contributed by atoms with Crippen LogP contribution in [-0.4, -0.2) is 39.9 Å². The largest absolute Gasteiger partial charge is 0.386 e. The lowest BCUT2D eigenvalue weighted by Gasteiger charge is -2.45. The number of piperidine rings is 3. The molecule has 0 amide bonds. The van der Waals surface area contributed by atoms with Gasteiger partial charge in [-0.2, -0.15) is 0 Å². The molecule has 2 bridgehead atoms. The zero-order chi connectivity index (χ0) is 15.3. The van der Waals surface area contributed by atoms with E-state index in [0.29, 0.717) is 10.5 Å². The van der Waals surface area contributed by atoms with E-state index in [2.05, 4.69) is 9.88 Å². The van der Waals surface area contributed by atoms with Crippen LogP contribution in [0.2, 0.25) is 5.02 Å². The van der Waals surface area contributed by atoms with E-state index in [4.69, 9.17) is 11.6 Å². The summed E-state index contributed by atoms with van der Waals surface area (Å²) in [5.41, 5.74) is 1.41. The highest BCUT2D eigenvalue weighted by molar-refractivity contribution is 6.35. The minimum absolute atomic E-state index is 0.112. The third-order valence-corrected chi connectivity index (χ3v) is 5.30. The van der Waals surface area contributed by atoms with Gasteiger partial charge in [0.1, 0.15) is 6.10 Å². The van der Waals surface area contributed by atoms with Crippen LogP contribution in [0, 0.1) is 5.92 Å². The summed E-state index contributed by atoms with van der Waals surface area (Å²) in [4.78, 5) is 19.0. The van der Waals surface area contributed by atoms with Crippen LogP contribution in [0.25, 0.3) is 10.9 Å². The van der Waals surface area contributed by atoms with Crippen LogP contribution in [0.1, 0.15) is 24.5 Å². The maximum atomic E-state index is 12.6. The first-order valence-corrected chi connectivity index (χ1v) is 8.03. The number of Topliss-reactive ketones (excluding diaryl/α,β-unsaturated/α-hetero) is 1. The Morgan fingerprint density at radius 2 is 2.05 bits per heavy atom. The summed E-state index contributed by atoms with van der Waals surface area (Å²) in [6.45, 7) is 1.78. The molecule has 0 aliphatic carbocycles. The summed E-state index contributed by atoms with van der Waals surface area (Å²) in [5, 5.41) is 12.3. The first-order chi connectivity index (χ1) is 10.7. The Bertz CT molecular complexity index is 741. The number of aliphatic hydroxyl groups excluding tert-OH is 1. The van der Waals surface area contributed by atoms with Gasteiger partial charge in [0.25, 0.3) is 0 Å². The van der Waals surface area contributed by atoms with Crippen LogP contribution in [0.15, 0.2) is 30.5 Å². The topological polar surface area (TPSA) is 53.4 Å². The quantitative estimate of drug-likeness (QED) is 0.925. The summed E-state index contributed by atoms with van der Waals surface area (Å²) < 4.78 is 0.